The summed E-state index contributed by atoms with van der Waals surface area (Å²) in [6, 6.07) is -1.19. The summed E-state index contributed by atoms with van der Waals surface area (Å²) in [5.74, 6) is -2.93. The number of hydrogen-bond donors (Lipinski definition) is 1. The van der Waals surface area contributed by atoms with E-state index in [2.05, 4.69) is 9.99 Å². The van der Waals surface area contributed by atoms with Gasteiger partial charge in [0, 0.05) is 19.2 Å². The van der Waals surface area contributed by atoms with Gasteiger partial charge >= 0.3 is 6.18 Å². The van der Waals surface area contributed by atoms with Crippen LogP contribution < -0.4 is 5.73 Å². The fourth-order valence-electron chi connectivity index (χ4n) is 1.64. The van der Waals surface area contributed by atoms with Crippen LogP contribution in [-0.4, -0.2) is 49.5 Å². The zero-order valence-corrected chi connectivity index (χ0v) is 10.1. The Morgan fingerprint density at radius 1 is 1.53 bits per heavy atom. The normalized spacial score (nSPS) is 25.2. The average molecular weight is 287 g/mol. The molecule has 1 saturated heterocycles. The van der Waals surface area contributed by atoms with Gasteiger partial charge in [-0.1, -0.05) is 5.16 Å². The van der Waals surface area contributed by atoms with E-state index >= 15 is 0 Å². The minimum atomic E-state index is -4.66. The van der Waals surface area contributed by atoms with Crippen molar-refractivity contribution in [2.45, 2.75) is 24.6 Å². The van der Waals surface area contributed by atoms with Gasteiger partial charge in [-0.25, -0.2) is 8.78 Å². The van der Waals surface area contributed by atoms with Crippen LogP contribution in [0, 0.1) is 0 Å². The molecule has 2 N–H and O–H groups in total. The van der Waals surface area contributed by atoms with Crippen molar-refractivity contribution in [2.24, 2.45) is 10.9 Å². The van der Waals surface area contributed by atoms with E-state index in [1.807, 2.05) is 0 Å². The third kappa shape index (κ3) is 4.05. The molecule has 19 heavy (non-hydrogen) atoms. The summed E-state index contributed by atoms with van der Waals surface area (Å²) in [6.07, 6.45) is -4.29. The Bertz CT molecular complexity index is 367. The molecule has 0 bridgehead atoms. The van der Waals surface area contributed by atoms with Gasteiger partial charge < -0.3 is 10.6 Å². The Morgan fingerprint density at radius 3 is 2.58 bits per heavy atom. The second-order valence-corrected chi connectivity index (χ2v) is 4.16. The van der Waals surface area contributed by atoms with Gasteiger partial charge in [0.1, 0.15) is 12.6 Å². The van der Waals surface area contributed by atoms with E-state index < -0.39 is 30.3 Å². The smallest absolute Gasteiger partial charge is 0.404 e. The third-order valence-electron chi connectivity index (χ3n) is 2.82. The van der Waals surface area contributed by atoms with Gasteiger partial charge in [-0.15, -0.1) is 0 Å². The number of nitrogens with two attached hydrogens (primary N) is 1. The molecule has 0 saturated carbocycles. The number of allylic oxidation sites excluding steroid dienone is 1. The molecule has 1 atom stereocenters. The topological polar surface area (TPSA) is 50.8 Å². The summed E-state index contributed by atoms with van der Waals surface area (Å²) >= 11 is 0. The van der Waals surface area contributed by atoms with Crippen molar-refractivity contribution >= 4 is 6.21 Å². The molecule has 0 aromatic heterocycles. The molecule has 1 heterocycles. The second kappa shape index (κ2) is 5.72. The van der Waals surface area contributed by atoms with Crippen LogP contribution in [0.4, 0.5) is 22.0 Å². The Balaban J connectivity index is 2.50. The Kier molecular flexibility index (Phi) is 4.72. The quantitative estimate of drug-likeness (QED) is 0.487. The van der Waals surface area contributed by atoms with Gasteiger partial charge in [-0.3, -0.25) is 4.90 Å². The number of rotatable bonds is 4. The lowest BCUT2D eigenvalue weighted by Crippen LogP contribution is -2.40. The van der Waals surface area contributed by atoms with Crippen LogP contribution >= 0.6 is 0 Å². The van der Waals surface area contributed by atoms with Crippen LogP contribution in [0.1, 0.15) is 6.42 Å². The van der Waals surface area contributed by atoms with Gasteiger partial charge in [-0.2, -0.15) is 13.2 Å². The monoisotopic (exact) mass is 287 g/mol. The third-order valence-corrected chi connectivity index (χ3v) is 2.82. The SMILES string of the molecule is CN1CCC(F)(F)[C@H]1CON=CC(=CN)C(F)(F)F. The molecule has 9 heteroatoms. The lowest BCUT2D eigenvalue weighted by molar-refractivity contribution is -0.0865. The fraction of sp³-hybridized carbons (Fsp3) is 0.700. The van der Waals surface area contributed by atoms with Crippen molar-refractivity contribution < 1.29 is 26.8 Å². The molecule has 1 aliphatic heterocycles. The van der Waals surface area contributed by atoms with Gasteiger partial charge in [0.05, 0.1) is 11.8 Å². The van der Waals surface area contributed by atoms with Crippen molar-refractivity contribution in [1.29, 1.82) is 0 Å². The highest BCUT2D eigenvalue weighted by atomic mass is 19.4. The number of oxime groups is 1. The van der Waals surface area contributed by atoms with E-state index in [1.165, 1.54) is 11.9 Å². The van der Waals surface area contributed by atoms with E-state index in [9.17, 15) is 22.0 Å². The minimum absolute atomic E-state index is 0.196. The molecule has 110 valence electrons. The molecule has 4 nitrogen and oxygen atoms in total. The van der Waals surface area contributed by atoms with Gasteiger partial charge in [0.25, 0.3) is 5.92 Å². The maximum Gasteiger partial charge on any atom is 0.419 e. The zero-order valence-electron chi connectivity index (χ0n) is 10.1. The zero-order chi connectivity index (χ0) is 14.7. The molecule has 0 aromatic carbocycles. The first-order valence-electron chi connectivity index (χ1n) is 5.41. The van der Waals surface area contributed by atoms with E-state index in [0.29, 0.717) is 12.4 Å². The van der Waals surface area contributed by atoms with Crippen molar-refractivity contribution in [3.8, 4) is 0 Å². The number of nitrogens with zero attached hydrogens (tertiary/aromatic N) is 2. The van der Waals surface area contributed by atoms with Crippen molar-refractivity contribution in [1.82, 2.24) is 4.90 Å². The second-order valence-electron chi connectivity index (χ2n) is 4.16. The Labute approximate surface area is 106 Å². The maximum absolute atomic E-state index is 13.3. The van der Waals surface area contributed by atoms with E-state index in [-0.39, 0.29) is 13.0 Å². The van der Waals surface area contributed by atoms with Gasteiger partial charge in [0.2, 0.25) is 0 Å². The standard InChI is InChI=1S/C10H14F5N3O/c1-18-3-2-9(11,12)8(18)6-19-17-5-7(4-16)10(13,14)15/h4-5,8H,2-3,6,16H2,1H3/t8-/m1/s1. The van der Waals surface area contributed by atoms with Gasteiger partial charge in [0.15, 0.2) is 0 Å². The molecule has 0 unspecified atom stereocenters. The highest BCUT2D eigenvalue weighted by molar-refractivity contribution is 5.79. The average Bonchev–Trinajstić information content (AvgIpc) is 2.53. The summed E-state index contributed by atoms with van der Waals surface area (Å²) in [5.41, 5.74) is 3.56. The number of hydrogen-bond acceptors (Lipinski definition) is 4. The Hall–Kier alpha value is -1.38. The number of likely N-dealkylation sites (N-methyl/N-ethyl adjacent to an activating group) is 1. The molecule has 1 rings (SSSR count). The lowest BCUT2D eigenvalue weighted by Gasteiger charge is -2.22. The predicted octanol–water partition coefficient (Wildman–Crippen LogP) is 1.73. The van der Waals surface area contributed by atoms with Crippen LogP contribution in [0.25, 0.3) is 0 Å². The Morgan fingerprint density at radius 2 is 2.16 bits per heavy atom. The molecule has 0 spiro atoms. The lowest BCUT2D eigenvalue weighted by atomic mass is 10.2. The highest BCUT2D eigenvalue weighted by Crippen LogP contribution is 2.33. The molecule has 0 aliphatic carbocycles. The highest BCUT2D eigenvalue weighted by Gasteiger charge is 2.47. The number of halogens is 5. The molecule has 0 amide bonds. The fourth-order valence-corrected chi connectivity index (χ4v) is 1.64. The maximum atomic E-state index is 13.3. The summed E-state index contributed by atoms with van der Waals surface area (Å²) in [4.78, 5) is 5.88. The number of likely N-dealkylation sites (tertiary alicyclic amines) is 1. The molecular formula is C10H14F5N3O. The van der Waals surface area contributed by atoms with Crippen molar-refractivity contribution in [3.63, 3.8) is 0 Å². The van der Waals surface area contributed by atoms with Crippen molar-refractivity contribution in [3.05, 3.63) is 11.8 Å². The largest absolute Gasteiger partial charge is 0.419 e. The first-order chi connectivity index (χ1) is 8.68. The predicted molar refractivity (Wildman–Crippen MR) is 58.8 cm³/mol. The van der Waals surface area contributed by atoms with Crippen LogP contribution in [-0.2, 0) is 4.84 Å². The number of alkyl halides is 5. The molecule has 1 aliphatic rings. The summed E-state index contributed by atoms with van der Waals surface area (Å²) in [7, 11) is 1.49. The summed E-state index contributed by atoms with van der Waals surface area (Å²) < 4.78 is 63.3. The van der Waals surface area contributed by atoms with Crippen LogP contribution in [0.2, 0.25) is 0 Å². The molecular weight excluding hydrogens is 273 g/mol. The van der Waals surface area contributed by atoms with Crippen LogP contribution in [0.5, 0.6) is 0 Å². The van der Waals surface area contributed by atoms with E-state index in [0.717, 1.165) is 0 Å². The van der Waals surface area contributed by atoms with E-state index in [1.54, 1.807) is 0 Å². The molecule has 1 fully saturated rings. The van der Waals surface area contributed by atoms with E-state index in [4.69, 9.17) is 5.73 Å². The van der Waals surface area contributed by atoms with Gasteiger partial charge in [-0.05, 0) is 7.05 Å². The first-order valence-corrected chi connectivity index (χ1v) is 5.41. The summed E-state index contributed by atoms with van der Waals surface area (Å²) in [6.45, 7) is -0.295. The van der Waals surface area contributed by atoms with Crippen LogP contribution in [0.3, 0.4) is 0 Å². The van der Waals surface area contributed by atoms with Crippen LogP contribution in [0.15, 0.2) is 16.9 Å². The summed E-state index contributed by atoms with van der Waals surface area (Å²) in [5, 5.41) is 3.02. The molecule has 0 radical (unpaired) electrons. The molecule has 0 aromatic rings. The first kappa shape index (κ1) is 15.7. The van der Waals surface area contributed by atoms with Crippen molar-refractivity contribution in [2.75, 3.05) is 20.2 Å². The minimum Gasteiger partial charge on any atom is -0.404 e.